The molecule has 1 fully saturated rings. The van der Waals surface area contributed by atoms with Gasteiger partial charge < -0.3 is 10.6 Å². The lowest BCUT2D eigenvalue weighted by molar-refractivity contribution is -0.123. The van der Waals surface area contributed by atoms with Gasteiger partial charge in [0.25, 0.3) is 0 Å². The molecular formula is C11H23N3O. The summed E-state index contributed by atoms with van der Waals surface area (Å²) in [6.07, 6.45) is 2.03. The number of hydrogen-bond donors (Lipinski definition) is 1. The number of likely N-dealkylation sites (tertiary alicyclic amines) is 1. The molecule has 2 N–H and O–H groups in total. The Morgan fingerprint density at radius 3 is 2.73 bits per heavy atom. The van der Waals surface area contributed by atoms with Crippen LogP contribution in [-0.2, 0) is 4.79 Å². The summed E-state index contributed by atoms with van der Waals surface area (Å²) in [6, 6.07) is -0.101. The molecule has 4 heteroatoms. The van der Waals surface area contributed by atoms with Crippen LogP contribution in [0.3, 0.4) is 0 Å². The average Bonchev–Trinajstić information content (AvgIpc) is 2.51. The molecule has 4 nitrogen and oxygen atoms in total. The van der Waals surface area contributed by atoms with E-state index in [9.17, 15) is 4.79 Å². The standard InChI is InChI=1S/C11H23N3O/c1-4-10(11(12)15)14(3)8-9-5-6-13(2)7-9/h9-10H,4-8H2,1-3H3,(H2,12,15). The van der Waals surface area contributed by atoms with Crippen LogP contribution >= 0.6 is 0 Å². The van der Waals surface area contributed by atoms with E-state index in [1.165, 1.54) is 13.0 Å². The Morgan fingerprint density at radius 1 is 1.67 bits per heavy atom. The molecule has 0 aromatic heterocycles. The predicted molar refractivity (Wildman–Crippen MR) is 61.5 cm³/mol. The Hall–Kier alpha value is -0.610. The molecule has 1 amide bonds. The van der Waals surface area contributed by atoms with Crippen LogP contribution in [0.4, 0.5) is 0 Å². The van der Waals surface area contributed by atoms with Crippen LogP contribution in [-0.4, -0.2) is 55.5 Å². The van der Waals surface area contributed by atoms with Crippen LogP contribution in [0.1, 0.15) is 19.8 Å². The zero-order valence-electron chi connectivity index (χ0n) is 10.1. The summed E-state index contributed by atoms with van der Waals surface area (Å²) < 4.78 is 0. The molecule has 2 unspecified atom stereocenters. The van der Waals surface area contributed by atoms with Crippen molar-refractivity contribution in [2.24, 2.45) is 11.7 Å². The molecule has 15 heavy (non-hydrogen) atoms. The third-order valence-electron chi connectivity index (χ3n) is 3.28. The van der Waals surface area contributed by atoms with Crippen molar-refractivity contribution in [1.29, 1.82) is 0 Å². The van der Waals surface area contributed by atoms with Crippen molar-refractivity contribution in [2.45, 2.75) is 25.8 Å². The summed E-state index contributed by atoms with van der Waals surface area (Å²) in [5.74, 6) is 0.486. The first-order valence-electron chi connectivity index (χ1n) is 5.72. The van der Waals surface area contributed by atoms with Crippen molar-refractivity contribution >= 4 is 5.91 Å². The maximum absolute atomic E-state index is 11.2. The molecule has 1 saturated heterocycles. The third-order valence-corrected chi connectivity index (χ3v) is 3.28. The molecule has 0 saturated carbocycles. The maximum Gasteiger partial charge on any atom is 0.234 e. The molecule has 0 radical (unpaired) electrons. The average molecular weight is 213 g/mol. The first kappa shape index (κ1) is 12.5. The van der Waals surface area contributed by atoms with Crippen LogP contribution in [0.15, 0.2) is 0 Å². The smallest absolute Gasteiger partial charge is 0.234 e. The quantitative estimate of drug-likeness (QED) is 0.706. The lowest BCUT2D eigenvalue weighted by atomic mass is 10.1. The van der Waals surface area contributed by atoms with E-state index in [1.807, 2.05) is 14.0 Å². The summed E-state index contributed by atoms with van der Waals surface area (Å²) in [5, 5.41) is 0. The second kappa shape index (κ2) is 5.47. The fraction of sp³-hybridized carbons (Fsp3) is 0.909. The van der Waals surface area contributed by atoms with Gasteiger partial charge in [-0.15, -0.1) is 0 Å². The molecule has 0 aliphatic carbocycles. The summed E-state index contributed by atoms with van der Waals surface area (Å²) in [7, 11) is 4.14. The Kier molecular flexibility index (Phi) is 4.54. The normalized spacial score (nSPS) is 24.7. The Balaban J connectivity index is 2.40. The maximum atomic E-state index is 11.2. The van der Waals surface area contributed by atoms with Crippen molar-refractivity contribution in [1.82, 2.24) is 9.80 Å². The van der Waals surface area contributed by atoms with Crippen molar-refractivity contribution in [2.75, 3.05) is 33.7 Å². The Morgan fingerprint density at radius 2 is 2.33 bits per heavy atom. The largest absolute Gasteiger partial charge is 0.368 e. The number of nitrogens with zero attached hydrogens (tertiary/aromatic N) is 2. The number of rotatable bonds is 5. The highest BCUT2D eigenvalue weighted by molar-refractivity contribution is 5.79. The molecule has 2 atom stereocenters. The number of amides is 1. The minimum atomic E-state index is -0.202. The van der Waals surface area contributed by atoms with Crippen molar-refractivity contribution in [3.05, 3.63) is 0 Å². The first-order chi connectivity index (χ1) is 7.04. The number of carbonyl (C=O) groups is 1. The first-order valence-corrected chi connectivity index (χ1v) is 5.72. The molecular weight excluding hydrogens is 190 g/mol. The second-order valence-electron chi connectivity index (χ2n) is 4.68. The molecule has 1 aliphatic heterocycles. The highest BCUT2D eigenvalue weighted by Crippen LogP contribution is 2.16. The number of carbonyl (C=O) groups excluding carboxylic acids is 1. The van der Waals surface area contributed by atoms with Gasteiger partial charge in [-0.2, -0.15) is 0 Å². The van der Waals surface area contributed by atoms with Crippen molar-refractivity contribution < 1.29 is 4.79 Å². The van der Waals surface area contributed by atoms with Gasteiger partial charge in [0.05, 0.1) is 6.04 Å². The minimum absolute atomic E-state index is 0.101. The SMILES string of the molecule is CCC(C(N)=O)N(C)CC1CCN(C)C1. The lowest BCUT2D eigenvalue weighted by Crippen LogP contribution is -2.44. The van der Waals surface area contributed by atoms with Crippen LogP contribution in [0.25, 0.3) is 0 Å². The Bertz CT molecular complexity index is 220. The molecule has 0 aromatic carbocycles. The monoisotopic (exact) mass is 213 g/mol. The van der Waals surface area contributed by atoms with Gasteiger partial charge in [-0.05, 0) is 39.4 Å². The Labute approximate surface area is 92.4 Å². The topological polar surface area (TPSA) is 49.6 Å². The highest BCUT2D eigenvalue weighted by atomic mass is 16.1. The van der Waals surface area contributed by atoms with Crippen LogP contribution in [0.5, 0.6) is 0 Å². The number of likely N-dealkylation sites (N-methyl/N-ethyl adjacent to an activating group) is 1. The van der Waals surface area contributed by atoms with Crippen molar-refractivity contribution in [3.8, 4) is 0 Å². The fourth-order valence-corrected chi connectivity index (χ4v) is 2.44. The number of primary amides is 1. The van der Waals surface area contributed by atoms with E-state index < -0.39 is 0 Å². The van der Waals surface area contributed by atoms with Gasteiger partial charge in [-0.3, -0.25) is 9.69 Å². The zero-order valence-corrected chi connectivity index (χ0v) is 10.1. The molecule has 88 valence electrons. The van der Waals surface area contributed by atoms with Crippen molar-refractivity contribution in [3.63, 3.8) is 0 Å². The van der Waals surface area contributed by atoms with E-state index in [2.05, 4.69) is 16.8 Å². The van der Waals surface area contributed by atoms with Gasteiger partial charge in [0.15, 0.2) is 0 Å². The van der Waals surface area contributed by atoms with E-state index in [-0.39, 0.29) is 11.9 Å². The van der Waals surface area contributed by atoms with Gasteiger partial charge in [-0.25, -0.2) is 0 Å². The molecule has 1 aliphatic rings. The fourth-order valence-electron chi connectivity index (χ4n) is 2.44. The minimum Gasteiger partial charge on any atom is -0.368 e. The molecule has 0 bridgehead atoms. The molecule has 1 heterocycles. The number of nitrogens with two attached hydrogens (primary N) is 1. The van der Waals surface area contributed by atoms with Crippen LogP contribution in [0.2, 0.25) is 0 Å². The van der Waals surface area contributed by atoms with Gasteiger partial charge >= 0.3 is 0 Å². The second-order valence-corrected chi connectivity index (χ2v) is 4.68. The van der Waals surface area contributed by atoms with Gasteiger partial charge in [0, 0.05) is 13.1 Å². The van der Waals surface area contributed by atoms with E-state index in [1.54, 1.807) is 0 Å². The van der Waals surface area contributed by atoms with Crippen LogP contribution in [0, 0.1) is 5.92 Å². The van der Waals surface area contributed by atoms with Gasteiger partial charge in [0.1, 0.15) is 0 Å². The number of hydrogen-bond acceptors (Lipinski definition) is 3. The molecule has 0 aromatic rings. The summed E-state index contributed by atoms with van der Waals surface area (Å²) >= 11 is 0. The van der Waals surface area contributed by atoms with Gasteiger partial charge in [-0.1, -0.05) is 6.92 Å². The van der Waals surface area contributed by atoms with E-state index in [0.29, 0.717) is 5.92 Å². The third kappa shape index (κ3) is 3.47. The van der Waals surface area contributed by atoms with Gasteiger partial charge in [0.2, 0.25) is 5.91 Å². The summed E-state index contributed by atoms with van der Waals surface area (Å²) in [4.78, 5) is 15.6. The molecule has 1 rings (SSSR count). The van der Waals surface area contributed by atoms with Crippen LogP contribution < -0.4 is 5.73 Å². The van der Waals surface area contributed by atoms with E-state index in [4.69, 9.17) is 5.73 Å². The molecule has 0 spiro atoms. The zero-order chi connectivity index (χ0) is 11.4. The van der Waals surface area contributed by atoms with E-state index in [0.717, 1.165) is 19.5 Å². The predicted octanol–water partition coefficient (Wildman–Crippen LogP) is 0.134. The van der Waals surface area contributed by atoms with E-state index >= 15 is 0 Å². The summed E-state index contributed by atoms with van der Waals surface area (Å²) in [6.45, 7) is 5.30. The lowest BCUT2D eigenvalue weighted by Gasteiger charge is -2.27. The highest BCUT2D eigenvalue weighted by Gasteiger charge is 2.25. The summed E-state index contributed by atoms with van der Waals surface area (Å²) in [5.41, 5.74) is 5.36.